The number of aromatic hydroxyl groups is 1. The molecule has 0 saturated heterocycles. The highest BCUT2D eigenvalue weighted by Gasteiger charge is 1.96. The van der Waals surface area contributed by atoms with Gasteiger partial charge in [-0.15, -0.1) is 0 Å². The molecule has 0 aliphatic heterocycles. The van der Waals surface area contributed by atoms with Crippen molar-refractivity contribution in [3.63, 3.8) is 0 Å². The molecule has 0 aliphatic carbocycles. The molecule has 0 amide bonds. The minimum atomic E-state index is 0.230. The van der Waals surface area contributed by atoms with Crippen molar-refractivity contribution < 1.29 is 5.11 Å². The maximum absolute atomic E-state index is 9.14. The maximum atomic E-state index is 9.14. The zero-order valence-corrected chi connectivity index (χ0v) is 6.25. The van der Waals surface area contributed by atoms with E-state index >= 15 is 0 Å². The molecule has 0 unspecified atom stereocenters. The van der Waals surface area contributed by atoms with Gasteiger partial charge in [0.2, 0.25) is 0 Å². The van der Waals surface area contributed by atoms with E-state index in [1.807, 2.05) is 6.07 Å². The summed E-state index contributed by atoms with van der Waals surface area (Å²) in [5, 5.41) is 9.14. The molecule has 60 valence electrons. The molecule has 0 aromatic heterocycles. The van der Waals surface area contributed by atoms with E-state index in [1.54, 1.807) is 12.1 Å². The number of phenolic OH excluding ortho intramolecular Hbond substituents is 1. The number of benzene rings is 1. The highest BCUT2D eigenvalue weighted by atomic mass is 16.3. The molecular formula is C8H12N2O. The molecular weight excluding hydrogens is 140 g/mol. The smallest absolute Gasteiger partial charge is 0.116 e. The van der Waals surface area contributed by atoms with Crippen molar-refractivity contribution in [1.29, 1.82) is 0 Å². The zero-order chi connectivity index (χ0) is 8.27. The summed E-state index contributed by atoms with van der Waals surface area (Å²) in [6, 6.07) is 5.16. The topological polar surface area (TPSA) is 72.3 Å². The zero-order valence-electron chi connectivity index (χ0n) is 6.25. The van der Waals surface area contributed by atoms with Crippen LogP contribution in [0.4, 0.5) is 0 Å². The predicted molar refractivity (Wildman–Crippen MR) is 43.9 cm³/mol. The fourth-order valence-electron chi connectivity index (χ4n) is 0.979. The van der Waals surface area contributed by atoms with Crippen LogP contribution < -0.4 is 11.5 Å². The quantitative estimate of drug-likeness (QED) is 0.571. The van der Waals surface area contributed by atoms with Crippen molar-refractivity contribution in [1.82, 2.24) is 0 Å². The van der Waals surface area contributed by atoms with Gasteiger partial charge in [0, 0.05) is 13.1 Å². The average molecular weight is 152 g/mol. The third-order valence-corrected chi connectivity index (χ3v) is 1.51. The molecule has 0 heterocycles. The molecule has 0 radical (unpaired) electrons. The van der Waals surface area contributed by atoms with Crippen LogP contribution in [0.25, 0.3) is 0 Å². The summed E-state index contributed by atoms with van der Waals surface area (Å²) in [6.07, 6.45) is 0. The van der Waals surface area contributed by atoms with E-state index in [-0.39, 0.29) is 5.75 Å². The Morgan fingerprint density at radius 3 is 1.82 bits per heavy atom. The second kappa shape index (κ2) is 3.37. The highest BCUT2D eigenvalue weighted by Crippen LogP contribution is 2.14. The van der Waals surface area contributed by atoms with Crippen molar-refractivity contribution in [3.8, 4) is 5.75 Å². The lowest BCUT2D eigenvalue weighted by molar-refractivity contribution is 0.473. The number of phenols is 1. The molecule has 0 bridgehead atoms. The van der Waals surface area contributed by atoms with Crippen LogP contribution in [0.1, 0.15) is 11.1 Å². The van der Waals surface area contributed by atoms with Crippen LogP contribution in [0, 0.1) is 0 Å². The summed E-state index contributed by atoms with van der Waals surface area (Å²) in [6.45, 7) is 0.864. The molecule has 1 aromatic carbocycles. The highest BCUT2D eigenvalue weighted by molar-refractivity contribution is 5.33. The Morgan fingerprint density at radius 1 is 1.00 bits per heavy atom. The number of nitrogens with two attached hydrogens (primary N) is 2. The minimum absolute atomic E-state index is 0.230. The van der Waals surface area contributed by atoms with Gasteiger partial charge in [-0.3, -0.25) is 0 Å². The third-order valence-electron chi connectivity index (χ3n) is 1.51. The first kappa shape index (κ1) is 8.04. The average Bonchev–Trinajstić information content (AvgIpc) is 2.03. The molecule has 1 aromatic rings. The van der Waals surface area contributed by atoms with E-state index in [4.69, 9.17) is 16.6 Å². The van der Waals surface area contributed by atoms with E-state index < -0.39 is 0 Å². The molecule has 5 N–H and O–H groups in total. The lowest BCUT2D eigenvalue weighted by atomic mass is 10.1. The second-order valence-corrected chi connectivity index (χ2v) is 2.42. The summed E-state index contributed by atoms with van der Waals surface area (Å²) in [5.41, 5.74) is 12.6. The molecule has 3 heteroatoms. The van der Waals surface area contributed by atoms with Gasteiger partial charge in [-0.1, -0.05) is 6.07 Å². The predicted octanol–water partition coefficient (Wildman–Crippen LogP) is 0.310. The van der Waals surface area contributed by atoms with Gasteiger partial charge in [0.15, 0.2) is 0 Å². The molecule has 0 saturated carbocycles. The monoisotopic (exact) mass is 152 g/mol. The minimum Gasteiger partial charge on any atom is -0.508 e. The second-order valence-electron chi connectivity index (χ2n) is 2.42. The summed E-state index contributed by atoms with van der Waals surface area (Å²) >= 11 is 0. The Labute approximate surface area is 65.6 Å². The van der Waals surface area contributed by atoms with Crippen LogP contribution in [-0.2, 0) is 13.1 Å². The summed E-state index contributed by atoms with van der Waals surface area (Å²) in [7, 11) is 0. The van der Waals surface area contributed by atoms with Gasteiger partial charge in [-0.25, -0.2) is 0 Å². The Hall–Kier alpha value is -1.06. The van der Waals surface area contributed by atoms with Crippen LogP contribution in [0.2, 0.25) is 0 Å². The van der Waals surface area contributed by atoms with E-state index in [2.05, 4.69) is 0 Å². The Bertz CT molecular complexity index is 226. The number of hydrogen-bond donors (Lipinski definition) is 3. The standard InChI is InChI=1S/C8H12N2O/c9-4-6-1-7(5-10)3-8(11)2-6/h1-3,11H,4-5,9-10H2. The normalized spacial score (nSPS) is 10.0. The maximum Gasteiger partial charge on any atom is 0.116 e. The van der Waals surface area contributed by atoms with E-state index in [9.17, 15) is 0 Å². The fraction of sp³-hybridized carbons (Fsp3) is 0.250. The molecule has 1 rings (SSSR count). The lowest BCUT2D eigenvalue weighted by Gasteiger charge is -2.01. The molecule has 0 fully saturated rings. The van der Waals surface area contributed by atoms with Crippen molar-refractivity contribution in [3.05, 3.63) is 29.3 Å². The Balaban J connectivity index is 3.02. The van der Waals surface area contributed by atoms with Crippen molar-refractivity contribution >= 4 is 0 Å². The molecule has 3 nitrogen and oxygen atoms in total. The SMILES string of the molecule is NCc1cc(O)cc(CN)c1. The summed E-state index contributed by atoms with van der Waals surface area (Å²) in [5.74, 6) is 0.230. The van der Waals surface area contributed by atoms with Crippen LogP contribution >= 0.6 is 0 Å². The first-order valence-corrected chi connectivity index (χ1v) is 3.48. The summed E-state index contributed by atoms with van der Waals surface area (Å²) in [4.78, 5) is 0. The van der Waals surface area contributed by atoms with E-state index in [0.29, 0.717) is 13.1 Å². The van der Waals surface area contributed by atoms with Gasteiger partial charge in [0.25, 0.3) is 0 Å². The number of rotatable bonds is 2. The Kier molecular flexibility index (Phi) is 2.46. The molecule has 0 aliphatic rings. The van der Waals surface area contributed by atoms with Crippen molar-refractivity contribution in [2.24, 2.45) is 11.5 Å². The number of hydrogen-bond acceptors (Lipinski definition) is 3. The first-order valence-electron chi connectivity index (χ1n) is 3.48. The van der Waals surface area contributed by atoms with Gasteiger partial charge in [0.05, 0.1) is 0 Å². The van der Waals surface area contributed by atoms with Gasteiger partial charge in [-0.2, -0.15) is 0 Å². The molecule has 0 atom stereocenters. The van der Waals surface area contributed by atoms with Crippen LogP contribution in [-0.4, -0.2) is 5.11 Å². The third kappa shape index (κ3) is 1.93. The van der Waals surface area contributed by atoms with Crippen LogP contribution in [0.5, 0.6) is 5.75 Å². The van der Waals surface area contributed by atoms with Gasteiger partial charge >= 0.3 is 0 Å². The van der Waals surface area contributed by atoms with Gasteiger partial charge < -0.3 is 16.6 Å². The van der Waals surface area contributed by atoms with Crippen LogP contribution in [0.3, 0.4) is 0 Å². The van der Waals surface area contributed by atoms with E-state index in [0.717, 1.165) is 11.1 Å². The lowest BCUT2D eigenvalue weighted by Crippen LogP contribution is -2.00. The van der Waals surface area contributed by atoms with E-state index in [1.165, 1.54) is 0 Å². The van der Waals surface area contributed by atoms with Gasteiger partial charge in [0.1, 0.15) is 5.75 Å². The van der Waals surface area contributed by atoms with Crippen LogP contribution in [0.15, 0.2) is 18.2 Å². The largest absolute Gasteiger partial charge is 0.508 e. The molecule has 11 heavy (non-hydrogen) atoms. The molecule has 0 spiro atoms. The summed E-state index contributed by atoms with van der Waals surface area (Å²) < 4.78 is 0. The van der Waals surface area contributed by atoms with Crippen molar-refractivity contribution in [2.45, 2.75) is 13.1 Å². The van der Waals surface area contributed by atoms with Gasteiger partial charge in [-0.05, 0) is 23.3 Å². The van der Waals surface area contributed by atoms with Crippen molar-refractivity contribution in [2.75, 3.05) is 0 Å². The Morgan fingerprint density at radius 2 is 1.45 bits per heavy atom. The fourth-order valence-corrected chi connectivity index (χ4v) is 0.979. The first-order chi connectivity index (χ1) is 5.26.